The Bertz CT molecular complexity index is 2720. The largest absolute Gasteiger partial charge is 0.292 e. The van der Waals surface area contributed by atoms with E-state index < -0.39 is 0 Å². The van der Waals surface area contributed by atoms with E-state index in [1.807, 2.05) is 30.3 Å². The molecule has 0 bridgehead atoms. The fraction of sp³-hybridized carbons (Fsp3) is 0. The Kier molecular flexibility index (Phi) is 6.15. The molecule has 3 heterocycles. The van der Waals surface area contributed by atoms with Crippen LogP contribution >= 0.6 is 0 Å². The molecule has 9 aromatic rings. The van der Waals surface area contributed by atoms with Gasteiger partial charge in [-0.25, -0.2) is 15.0 Å². The summed E-state index contributed by atoms with van der Waals surface area (Å²) in [6, 6.07) is 59.5. The summed E-state index contributed by atoms with van der Waals surface area (Å²) in [7, 11) is 0. The molecule has 10 rings (SSSR count). The minimum atomic E-state index is 0.781. The fourth-order valence-electron chi connectivity index (χ4n) is 7.28. The third-order valence-corrected chi connectivity index (χ3v) is 9.55. The van der Waals surface area contributed by atoms with E-state index >= 15 is 0 Å². The van der Waals surface area contributed by atoms with Gasteiger partial charge in [-0.15, -0.1) is 0 Å². The van der Waals surface area contributed by atoms with Crippen LogP contribution in [0.1, 0.15) is 0 Å². The molecule has 0 atom stereocenters. The molecule has 4 heteroatoms. The van der Waals surface area contributed by atoms with Crippen molar-refractivity contribution < 1.29 is 0 Å². The Morgan fingerprint density at radius 2 is 0.918 bits per heavy atom. The highest BCUT2D eigenvalue weighted by atomic mass is 15.2. The molecule has 0 radical (unpaired) electrons. The number of pyridine rings is 1. The predicted octanol–water partition coefficient (Wildman–Crippen LogP) is 11.8. The zero-order valence-electron chi connectivity index (χ0n) is 26.5. The summed E-state index contributed by atoms with van der Waals surface area (Å²) in [5, 5.41) is 3.41. The first kappa shape index (κ1) is 27.5. The van der Waals surface area contributed by atoms with Crippen LogP contribution in [0.5, 0.6) is 0 Å². The molecule has 4 nitrogen and oxygen atoms in total. The highest BCUT2D eigenvalue weighted by Crippen LogP contribution is 2.53. The molecule has 1 aliphatic heterocycles. The summed E-state index contributed by atoms with van der Waals surface area (Å²) >= 11 is 0. The predicted molar refractivity (Wildman–Crippen MR) is 202 cm³/mol. The number of hydrogen-bond donors (Lipinski definition) is 0. The molecule has 1 aliphatic rings. The van der Waals surface area contributed by atoms with Crippen LogP contribution in [0.25, 0.3) is 77.5 Å². The van der Waals surface area contributed by atoms with Crippen LogP contribution < -0.4 is 4.90 Å². The number of aromatic nitrogens is 3. The Balaban J connectivity index is 1.30. The van der Waals surface area contributed by atoms with E-state index in [1.54, 1.807) is 0 Å². The van der Waals surface area contributed by atoms with E-state index in [0.29, 0.717) is 0 Å². The standard InChI is InChI=1S/C45H28N4/c1-3-13-29(14-4-1)31-17-11-18-33(27-31)43-45(48-39-23-10-9-22-38(39)47-43)49-40-26-25-32(30-15-5-2-6-16-30)28-36(40)44-42-35(20-12-24-41(42)49)34-19-7-8-21-37(34)46-44/h1-28H. The van der Waals surface area contributed by atoms with Gasteiger partial charge in [-0.3, -0.25) is 4.90 Å². The highest BCUT2D eigenvalue weighted by molar-refractivity contribution is 6.20. The molecule has 0 N–H and O–H groups in total. The number of para-hydroxylation sites is 3. The maximum atomic E-state index is 5.42. The van der Waals surface area contributed by atoms with Gasteiger partial charge in [0.15, 0.2) is 5.82 Å². The van der Waals surface area contributed by atoms with E-state index in [0.717, 1.165) is 89.3 Å². The number of rotatable bonds is 4. The second-order valence-corrected chi connectivity index (χ2v) is 12.4. The number of benzene rings is 7. The summed E-state index contributed by atoms with van der Waals surface area (Å²) in [6.45, 7) is 0. The normalized spacial score (nSPS) is 12.0. The van der Waals surface area contributed by atoms with Crippen molar-refractivity contribution in [1.82, 2.24) is 15.0 Å². The van der Waals surface area contributed by atoms with E-state index in [4.69, 9.17) is 15.0 Å². The zero-order valence-corrected chi connectivity index (χ0v) is 26.5. The maximum Gasteiger partial charge on any atom is 0.165 e. The quantitative estimate of drug-likeness (QED) is 0.183. The second kappa shape index (κ2) is 11.0. The molecule has 0 saturated heterocycles. The van der Waals surface area contributed by atoms with Gasteiger partial charge < -0.3 is 0 Å². The van der Waals surface area contributed by atoms with Crippen LogP contribution in [0, 0.1) is 0 Å². The molecule has 0 unspecified atom stereocenters. The van der Waals surface area contributed by atoms with Crippen molar-refractivity contribution in [3.8, 4) is 44.8 Å². The van der Waals surface area contributed by atoms with Crippen LogP contribution in [0.15, 0.2) is 170 Å². The van der Waals surface area contributed by atoms with E-state index in [-0.39, 0.29) is 0 Å². The third-order valence-electron chi connectivity index (χ3n) is 9.55. The molecular weight excluding hydrogens is 597 g/mol. The van der Waals surface area contributed by atoms with Gasteiger partial charge in [-0.05, 0) is 70.1 Å². The lowest BCUT2D eigenvalue weighted by Crippen LogP contribution is -2.18. The second-order valence-electron chi connectivity index (χ2n) is 12.4. The summed E-state index contributed by atoms with van der Waals surface area (Å²) in [5.41, 5.74) is 13.2. The lowest BCUT2D eigenvalue weighted by Gasteiger charge is -2.33. The van der Waals surface area contributed by atoms with Gasteiger partial charge in [0, 0.05) is 21.9 Å². The number of anilines is 3. The SMILES string of the molecule is c1ccc(-c2cccc(-c3nc4ccccc4nc3N3c4ccc(-c5ccccc5)cc4-c4nc5ccccc5c5cccc3c45)c2)cc1. The van der Waals surface area contributed by atoms with Crippen molar-refractivity contribution >= 4 is 49.9 Å². The zero-order chi connectivity index (χ0) is 32.3. The molecule has 228 valence electrons. The number of nitrogens with zero attached hydrogens (tertiary/aromatic N) is 4. The van der Waals surface area contributed by atoms with Gasteiger partial charge in [0.2, 0.25) is 0 Å². The average Bonchev–Trinajstić information content (AvgIpc) is 3.18. The van der Waals surface area contributed by atoms with E-state index in [1.165, 1.54) is 5.39 Å². The van der Waals surface area contributed by atoms with Crippen molar-refractivity contribution in [2.24, 2.45) is 0 Å². The van der Waals surface area contributed by atoms with Gasteiger partial charge in [0.1, 0.15) is 5.69 Å². The molecular formula is C45H28N4. The summed E-state index contributed by atoms with van der Waals surface area (Å²) in [5.74, 6) is 0.781. The van der Waals surface area contributed by atoms with Crippen LogP contribution in [0.4, 0.5) is 17.2 Å². The van der Waals surface area contributed by atoms with Crippen molar-refractivity contribution in [3.63, 3.8) is 0 Å². The van der Waals surface area contributed by atoms with Gasteiger partial charge >= 0.3 is 0 Å². The first-order chi connectivity index (χ1) is 24.3. The smallest absolute Gasteiger partial charge is 0.165 e. The van der Waals surface area contributed by atoms with Crippen molar-refractivity contribution in [2.75, 3.05) is 4.90 Å². The van der Waals surface area contributed by atoms with Crippen LogP contribution in [0.3, 0.4) is 0 Å². The highest BCUT2D eigenvalue weighted by Gasteiger charge is 2.31. The van der Waals surface area contributed by atoms with Crippen molar-refractivity contribution in [1.29, 1.82) is 0 Å². The van der Waals surface area contributed by atoms with Gasteiger partial charge in [-0.1, -0.05) is 127 Å². The summed E-state index contributed by atoms with van der Waals surface area (Å²) < 4.78 is 0. The van der Waals surface area contributed by atoms with E-state index in [2.05, 4.69) is 144 Å². The minimum absolute atomic E-state index is 0.781. The minimum Gasteiger partial charge on any atom is -0.292 e. The number of hydrogen-bond acceptors (Lipinski definition) is 4. The van der Waals surface area contributed by atoms with Gasteiger partial charge in [0.05, 0.1) is 33.6 Å². The molecule has 7 aromatic carbocycles. The maximum absolute atomic E-state index is 5.42. The fourth-order valence-corrected chi connectivity index (χ4v) is 7.28. The topological polar surface area (TPSA) is 41.9 Å². The first-order valence-corrected chi connectivity index (χ1v) is 16.5. The monoisotopic (exact) mass is 624 g/mol. The van der Waals surface area contributed by atoms with Crippen LogP contribution in [-0.4, -0.2) is 15.0 Å². The number of fused-ring (bicyclic) bond motifs is 5. The Morgan fingerprint density at radius 3 is 1.69 bits per heavy atom. The molecule has 49 heavy (non-hydrogen) atoms. The van der Waals surface area contributed by atoms with Crippen molar-refractivity contribution in [2.45, 2.75) is 0 Å². The first-order valence-electron chi connectivity index (χ1n) is 16.5. The third kappa shape index (κ3) is 4.42. The van der Waals surface area contributed by atoms with Crippen molar-refractivity contribution in [3.05, 3.63) is 170 Å². The molecule has 2 aromatic heterocycles. The van der Waals surface area contributed by atoms with Gasteiger partial charge in [0.25, 0.3) is 0 Å². The van der Waals surface area contributed by atoms with Crippen LogP contribution in [-0.2, 0) is 0 Å². The molecule has 0 spiro atoms. The molecule has 0 aliphatic carbocycles. The Labute approximate surface area is 283 Å². The summed E-state index contributed by atoms with van der Waals surface area (Å²) in [4.78, 5) is 18.4. The van der Waals surface area contributed by atoms with Gasteiger partial charge in [-0.2, -0.15) is 0 Å². The summed E-state index contributed by atoms with van der Waals surface area (Å²) in [6.07, 6.45) is 0. The molecule has 0 saturated carbocycles. The van der Waals surface area contributed by atoms with E-state index in [9.17, 15) is 0 Å². The molecule has 0 amide bonds. The van der Waals surface area contributed by atoms with Crippen LogP contribution in [0.2, 0.25) is 0 Å². The lowest BCUT2D eigenvalue weighted by atomic mass is 9.91. The molecule has 0 fully saturated rings. The average molecular weight is 625 g/mol. The Morgan fingerprint density at radius 1 is 0.347 bits per heavy atom. The lowest BCUT2D eigenvalue weighted by molar-refractivity contribution is 1.17. The Hall–Kier alpha value is -6.65.